The maximum Gasteiger partial charge on any atom is 0.444 e. The second kappa shape index (κ2) is 14.0. The summed E-state index contributed by atoms with van der Waals surface area (Å²) in [7, 11) is 0. The fourth-order valence-corrected chi connectivity index (χ4v) is 4.18. The first-order chi connectivity index (χ1) is 19.0. The standard InChI is InChI=1S/C32H41N3O5/c1-31(2,3)40-30(38)35(33-29(37)39-24-26-17-11-7-12-18-26)34(32(4,5)27-19-13-8-14-20-27)23-28(36)22-21-25-15-9-6-10-16-25/h6-20,28,36H,21-24H2,1-5H3,(H,33,37)/t28-/m0/s1. The minimum absolute atomic E-state index is 0.0244. The third-order valence-electron chi connectivity index (χ3n) is 6.34. The van der Waals surface area contributed by atoms with Gasteiger partial charge in [0.05, 0.1) is 11.6 Å². The van der Waals surface area contributed by atoms with E-state index in [0.29, 0.717) is 12.8 Å². The van der Waals surface area contributed by atoms with Crippen molar-refractivity contribution in [3.05, 3.63) is 108 Å². The summed E-state index contributed by atoms with van der Waals surface area (Å²) in [5, 5.41) is 13.8. The van der Waals surface area contributed by atoms with Crippen LogP contribution in [0.4, 0.5) is 9.59 Å². The van der Waals surface area contributed by atoms with Crippen LogP contribution in [0.15, 0.2) is 91.0 Å². The van der Waals surface area contributed by atoms with Crippen LogP contribution in [0, 0.1) is 0 Å². The summed E-state index contributed by atoms with van der Waals surface area (Å²) in [4.78, 5) is 26.5. The SMILES string of the molecule is CC(C)(C)OC(=O)N(NC(=O)OCc1ccccc1)N(C[C@@H](O)CCc1ccccc1)C(C)(C)c1ccccc1. The first kappa shape index (κ1) is 30.7. The van der Waals surface area contributed by atoms with Crippen LogP contribution in [0.5, 0.6) is 0 Å². The Morgan fingerprint density at radius 3 is 1.90 bits per heavy atom. The van der Waals surface area contributed by atoms with Gasteiger partial charge in [0, 0.05) is 6.54 Å². The zero-order chi connectivity index (χ0) is 29.2. The molecular weight excluding hydrogens is 506 g/mol. The zero-order valence-electron chi connectivity index (χ0n) is 24.0. The highest BCUT2D eigenvalue weighted by atomic mass is 16.6. The molecule has 3 rings (SSSR count). The largest absolute Gasteiger partial charge is 0.444 e. The van der Waals surface area contributed by atoms with Gasteiger partial charge in [-0.1, -0.05) is 91.0 Å². The number of carbonyl (C=O) groups excluding carboxylic acids is 2. The molecule has 8 heteroatoms. The number of ether oxygens (including phenoxy) is 2. The van der Waals surface area contributed by atoms with E-state index < -0.39 is 29.4 Å². The molecule has 0 aliphatic carbocycles. The van der Waals surface area contributed by atoms with Crippen LogP contribution < -0.4 is 5.43 Å². The Morgan fingerprint density at radius 1 is 0.825 bits per heavy atom. The van der Waals surface area contributed by atoms with Gasteiger partial charge in [-0.05, 0) is 64.2 Å². The van der Waals surface area contributed by atoms with Crippen molar-refractivity contribution in [3.8, 4) is 0 Å². The number of amides is 2. The summed E-state index contributed by atoms with van der Waals surface area (Å²) < 4.78 is 11.1. The Morgan fingerprint density at radius 2 is 1.35 bits per heavy atom. The molecule has 2 N–H and O–H groups in total. The van der Waals surface area contributed by atoms with E-state index in [2.05, 4.69) is 5.43 Å². The van der Waals surface area contributed by atoms with Crippen molar-refractivity contribution in [3.63, 3.8) is 0 Å². The molecule has 0 aliphatic rings. The molecular formula is C32H41N3O5. The van der Waals surface area contributed by atoms with Gasteiger partial charge < -0.3 is 14.6 Å². The van der Waals surface area contributed by atoms with Gasteiger partial charge >= 0.3 is 12.2 Å². The van der Waals surface area contributed by atoms with Crippen LogP contribution in [0.25, 0.3) is 0 Å². The third-order valence-corrected chi connectivity index (χ3v) is 6.34. The molecule has 3 aromatic carbocycles. The summed E-state index contributed by atoms with van der Waals surface area (Å²) in [6.07, 6.45) is -1.35. The number of carbonyl (C=O) groups is 2. The molecule has 0 fully saturated rings. The lowest BCUT2D eigenvalue weighted by molar-refractivity contribution is -0.139. The number of hydrogen-bond acceptors (Lipinski definition) is 6. The summed E-state index contributed by atoms with van der Waals surface area (Å²) in [5.41, 5.74) is 3.67. The summed E-state index contributed by atoms with van der Waals surface area (Å²) in [5.74, 6) is 0. The fourth-order valence-electron chi connectivity index (χ4n) is 4.18. The number of aliphatic hydroxyl groups excluding tert-OH is 1. The predicted octanol–water partition coefficient (Wildman–Crippen LogP) is 6.21. The topological polar surface area (TPSA) is 91.3 Å². The zero-order valence-corrected chi connectivity index (χ0v) is 24.0. The van der Waals surface area contributed by atoms with E-state index in [1.165, 1.54) is 0 Å². The van der Waals surface area contributed by atoms with Crippen molar-refractivity contribution in [2.75, 3.05) is 6.54 Å². The van der Waals surface area contributed by atoms with Crippen molar-refractivity contribution >= 4 is 12.2 Å². The molecule has 0 bridgehead atoms. The monoisotopic (exact) mass is 547 g/mol. The fraction of sp³-hybridized carbons (Fsp3) is 0.375. The average molecular weight is 548 g/mol. The molecule has 8 nitrogen and oxygen atoms in total. The van der Waals surface area contributed by atoms with E-state index in [4.69, 9.17) is 9.47 Å². The lowest BCUT2D eigenvalue weighted by Crippen LogP contribution is -2.63. The van der Waals surface area contributed by atoms with Crippen LogP contribution in [0.2, 0.25) is 0 Å². The molecule has 3 aromatic rings. The quantitative estimate of drug-likeness (QED) is 0.293. The molecule has 40 heavy (non-hydrogen) atoms. The first-order valence-corrected chi connectivity index (χ1v) is 13.5. The number of benzene rings is 3. The minimum atomic E-state index is -0.849. The lowest BCUT2D eigenvalue weighted by atomic mass is 9.93. The molecule has 0 saturated carbocycles. The molecule has 0 radical (unpaired) electrons. The second-order valence-corrected chi connectivity index (χ2v) is 11.2. The number of aliphatic hydroxyl groups is 1. The highest BCUT2D eigenvalue weighted by molar-refractivity contribution is 5.74. The first-order valence-electron chi connectivity index (χ1n) is 13.5. The molecule has 2 amide bonds. The average Bonchev–Trinajstić information content (AvgIpc) is 2.93. The molecule has 0 aliphatic heterocycles. The Labute approximate surface area is 237 Å². The van der Waals surface area contributed by atoms with Crippen LogP contribution in [-0.4, -0.2) is 45.7 Å². The number of aryl methyl sites for hydroxylation is 1. The van der Waals surface area contributed by atoms with Gasteiger partial charge in [-0.2, -0.15) is 5.01 Å². The molecule has 0 spiro atoms. The molecule has 214 valence electrons. The van der Waals surface area contributed by atoms with E-state index in [-0.39, 0.29) is 13.2 Å². The van der Waals surface area contributed by atoms with Crippen molar-refractivity contribution in [2.24, 2.45) is 0 Å². The number of nitrogens with zero attached hydrogens (tertiary/aromatic N) is 2. The maximum atomic E-state index is 13.6. The van der Waals surface area contributed by atoms with E-state index in [1.807, 2.05) is 105 Å². The highest BCUT2D eigenvalue weighted by Crippen LogP contribution is 2.30. The van der Waals surface area contributed by atoms with E-state index in [1.54, 1.807) is 25.8 Å². The van der Waals surface area contributed by atoms with Crippen molar-refractivity contribution < 1.29 is 24.2 Å². The number of nitrogens with one attached hydrogen (secondary N) is 1. The van der Waals surface area contributed by atoms with Gasteiger partial charge in [-0.25, -0.2) is 15.0 Å². The van der Waals surface area contributed by atoms with E-state index in [9.17, 15) is 14.7 Å². The number of hydrogen-bond donors (Lipinski definition) is 2. The third kappa shape index (κ3) is 9.39. The molecule has 0 aromatic heterocycles. The van der Waals surface area contributed by atoms with E-state index >= 15 is 0 Å². The van der Waals surface area contributed by atoms with Crippen LogP contribution in [-0.2, 0) is 28.0 Å². The van der Waals surface area contributed by atoms with Crippen LogP contribution in [0.3, 0.4) is 0 Å². The Bertz CT molecular complexity index is 1200. The molecule has 0 heterocycles. The van der Waals surface area contributed by atoms with Gasteiger partial charge in [0.25, 0.3) is 0 Å². The molecule has 0 saturated heterocycles. The molecule has 0 unspecified atom stereocenters. The predicted molar refractivity (Wildman–Crippen MR) is 155 cm³/mol. The Hall–Kier alpha value is -3.88. The number of hydrazine groups is 2. The normalized spacial score (nSPS) is 12.5. The number of rotatable bonds is 10. The summed E-state index contributed by atoms with van der Waals surface area (Å²) >= 11 is 0. The summed E-state index contributed by atoms with van der Waals surface area (Å²) in [6, 6.07) is 28.7. The molecule has 1 atom stereocenters. The van der Waals surface area contributed by atoms with Crippen molar-refractivity contribution in [2.45, 2.75) is 71.3 Å². The minimum Gasteiger partial charge on any atom is -0.443 e. The van der Waals surface area contributed by atoms with Gasteiger partial charge in [0.1, 0.15) is 12.2 Å². The van der Waals surface area contributed by atoms with Crippen molar-refractivity contribution in [1.29, 1.82) is 0 Å². The van der Waals surface area contributed by atoms with Gasteiger partial charge in [-0.15, -0.1) is 5.12 Å². The Kier molecular flexibility index (Phi) is 10.7. The highest BCUT2D eigenvalue weighted by Gasteiger charge is 2.40. The van der Waals surface area contributed by atoms with Gasteiger partial charge in [-0.3, -0.25) is 0 Å². The summed E-state index contributed by atoms with van der Waals surface area (Å²) in [6.45, 7) is 9.14. The van der Waals surface area contributed by atoms with Gasteiger partial charge in [0.2, 0.25) is 0 Å². The van der Waals surface area contributed by atoms with Gasteiger partial charge in [0.15, 0.2) is 0 Å². The van der Waals surface area contributed by atoms with Crippen LogP contribution >= 0.6 is 0 Å². The van der Waals surface area contributed by atoms with Crippen molar-refractivity contribution in [1.82, 2.24) is 15.6 Å². The lowest BCUT2D eigenvalue weighted by Gasteiger charge is -2.45. The Balaban J connectivity index is 1.89. The smallest absolute Gasteiger partial charge is 0.443 e. The van der Waals surface area contributed by atoms with E-state index in [0.717, 1.165) is 21.8 Å². The second-order valence-electron chi connectivity index (χ2n) is 11.2. The maximum absolute atomic E-state index is 13.6. The van der Waals surface area contributed by atoms with Crippen LogP contribution in [0.1, 0.15) is 57.7 Å².